The van der Waals surface area contributed by atoms with Crippen LogP contribution in [0.5, 0.6) is 0 Å². The molecule has 2 atom stereocenters. The Morgan fingerprint density at radius 3 is 2.60 bits per heavy atom. The number of carboxylic acid groups (broad SMARTS) is 1. The number of rotatable bonds is 3. The first-order valence-corrected chi connectivity index (χ1v) is 6.79. The zero-order valence-corrected chi connectivity index (χ0v) is 12.0. The third-order valence-corrected chi connectivity index (χ3v) is 3.98. The largest absolute Gasteiger partial charge is 0.478 e. The summed E-state index contributed by atoms with van der Waals surface area (Å²) >= 11 is 0. The van der Waals surface area contributed by atoms with Crippen LogP contribution in [0.3, 0.4) is 0 Å². The molecule has 20 heavy (non-hydrogen) atoms. The molecule has 1 aliphatic heterocycles. The minimum absolute atomic E-state index is 0.102. The minimum Gasteiger partial charge on any atom is -0.478 e. The van der Waals surface area contributed by atoms with Gasteiger partial charge in [-0.3, -0.25) is 4.79 Å². The number of carbonyl (C=O) groups is 2. The highest BCUT2D eigenvalue weighted by Gasteiger charge is 2.29. The summed E-state index contributed by atoms with van der Waals surface area (Å²) in [7, 11) is 0. The number of anilines is 1. The van der Waals surface area contributed by atoms with Crippen molar-refractivity contribution in [2.75, 3.05) is 11.9 Å². The van der Waals surface area contributed by atoms with E-state index in [0.717, 1.165) is 24.1 Å². The van der Waals surface area contributed by atoms with Crippen LogP contribution in [-0.4, -0.2) is 29.6 Å². The van der Waals surface area contributed by atoms with Crippen molar-refractivity contribution in [2.45, 2.75) is 33.2 Å². The lowest BCUT2D eigenvalue weighted by atomic mass is 10.0. The fourth-order valence-electron chi connectivity index (χ4n) is 2.56. The van der Waals surface area contributed by atoms with Crippen molar-refractivity contribution in [3.05, 3.63) is 28.8 Å². The van der Waals surface area contributed by atoms with Crippen LogP contribution < -0.4 is 10.6 Å². The molecular weight excluding hydrogens is 256 g/mol. The first-order chi connectivity index (χ1) is 9.40. The van der Waals surface area contributed by atoms with Crippen molar-refractivity contribution in [3.8, 4) is 0 Å². The van der Waals surface area contributed by atoms with Crippen LogP contribution >= 0.6 is 0 Å². The summed E-state index contributed by atoms with van der Waals surface area (Å²) in [5.41, 5.74) is 2.35. The van der Waals surface area contributed by atoms with E-state index in [1.54, 1.807) is 13.0 Å². The van der Waals surface area contributed by atoms with Gasteiger partial charge in [0.15, 0.2) is 0 Å². The van der Waals surface area contributed by atoms with Gasteiger partial charge in [-0.05, 0) is 56.0 Å². The van der Waals surface area contributed by atoms with Crippen LogP contribution in [0.15, 0.2) is 12.1 Å². The number of hydrogen-bond acceptors (Lipinski definition) is 3. The van der Waals surface area contributed by atoms with Gasteiger partial charge in [-0.2, -0.15) is 0 Å². The van der Waals surface area contributed by atoms with Gasteiger partial charge in [0.05, 0.1) is 11.6 Å². The Kier molecular flexibility index (Phi) is 4.09. The Hall–Kier alpha value is -1.88. The van der Waals surface area contributed by atoms with E-state index in [1.165, 1.54) is 6.07 Å². The third kappa shape index (κ3) is 2.82. The molecule has 1 amide bonds. The fourth-order valence-corrected chi connectivity index (χ4v) is 2.56. The maximum Gasteiger partial charge on any atom is 0.336 e. The monoisotopic (exact) mass is 276 g/mol. The smallest absolute Gasteiger partial charge is 0.336 e. The summed E-state index contributed by atoms with van der Waals surface area (Å²) in [5, 5.41) is 15.2. The van der Waals surface area contributed by atoms with E-state index in [4.69, 9.17) is 0 Å². The number of hydrogen-bond donors (Lipinski definition) is 3. The topological polar surface area (TPSA) is 78.4 Å². The number of carboxylic acids is 1. The van der Waals surface area contributed by atoms with E-state index in [0.29, 0.717) is 11.6 Å². The molecule has 5 nitrogen and oxygen atoms in total. The zero-order chi connectivity index (χ0) is 14.9. The molecular formula is C15H20N2O3. The lowest BCUT2D eigenvalue weighted by Crippen LogP contribution is -2.39. The molecule has 0 saturated carbocycles. The Balaban J connectivity index is 2.21. The van der Waals surface area contributed by atoms with Crippen LogP contribution in [0, 0.1) is 19.8 Å². The highest BCUT2D eigenvalue weighted by atomic mass is 16.4. The highest BCUT2D eigenvalue weighted by Crippen LogP contribution is 2.22. The summed E-state index contributed by atoms with van der Waals surface area (Å²) < 4.78 is 0. The predicted octanol–water partition coefficient (Wildman–Crippen LogP) is 1.94. The number of benzene rings is 1. The molecule has 1 saturated heterocycles. The number of aromatic carboxylic acids is 1. The summed E-state index contributed by atoms with van der Waals surface area (Å²) in [4.78, 5) is 23.4. The molecule has 5 heteroatoms. The van der Waals surface area contributed by atoms with Gasteiger partial charge in [0.2, 0.25) is 5.91 Å². The van der Waals surface area contributed by atoms with Gasteiger partial charge < -0.3 is 15.7 Å². The van der Waals surface area contributed by atoms with Crippen molar-refractivity contribution < 1.29 is 14.7 Å². The first-order valence-electron chi connectivity index (χ1n) is 6.79. The molecule has 1 fully saturated rings. The predicted molar refractivity (Wildman–Crippen MR) is 77.1 cm³/mol. The molecule has 0 radical (unpaired) electrons. The van der Waals surface area contributed by atoms with Crippen LogP contribution in [0.2, 0.25) is 0 Å². The van der Waals surface area contributed by atoms with Crippen molar-refractivity contribution in [3.63, 3.8) is 0 Å². The lowest BCUT2D eigenvalue weighted by Gasteiger charge is -2.16. The standard InChI is InChI=1S/C15H20N2O3/c1-8-4-5-16-13(8)14(18)17-11-6-9(2)10(3)12(7-11)15(19)20/h6-8,13,16H,4-5H2,1-3H3,(H,17,18)(H,19,20). The normalized spacial score (nSPS) is 21.8. The Labute approximate surface area is 118 Å². The van der Waals surface area contributed by atoms with E-state index in [1.807, 2.05) is 13.8 Å². The molecule has 1 aromatic carbocycles. The van der Waals surface area contributed by atoms with Crippen molar-refractivity contribution in [1.82, 2.24) is 5.32 Å². The molecule has 2 unspecified atom stereocenters. The number of nitrogens with one attached hydrogen (secondary N) is 2. The van der Waals surface area contributed by atoms with E-state index in [9.17, 15) is 14.7 Å². The molecule has 0 aromatic heterocycles. The second kappa shape index (κ2) is 5.63. The maximum atomic E-state index is 12.2. The third-order valence-electron chi connectivity index (χ3n) is 3.98. The summed E-state index contributed by atoms with van der Waals surface area (Å²) in [5.74, 6) is -0.788. The van der Waals surface area contributed by atoms with Crippen molar-refractivity contribution in [2.24, 2.45) is 5.92 Å². The van der Waals surface area contributed by atoms with Crippen LogP contribution in [0.25, 0.3) is 0 Å². The van der Waals surface area contributed by atoms with E-state index in [-0.39, 0.29) is 17.5 Å². The van der Waals surface area contributed by atoms with Gasteiger partial charge in [0.1, 0.15) is 0 Å². The van der Waals surface area contributed by atoms with Gasteiger partial charge >= 0.3 is 5.97 Å². The van der Waals surface area contributed by atoms with Gasteiger partial charge in [-0.25, -0.2) is 4.79 Å². The molecule has 1 aromatic rings. The van der Waals surface area contributed by atoms with Gasteiger partial charge in [0.25, 0.3) is 0 Å². The Bertz CT molecular complexity index is 554. The van der Waals surface area contributed by atoms with Gasteiger partial charge in [-0.1, -0.05) is 6.92 Å². The lowest BCUT2D eigenvalue weighted by molar-refractivity contribution is -0.118. The van der Waals surface area contributed by atoms with E-state index in [2.05, 4.69) is 10.6 Å². The molecule has 1 aliphatic rings. The SMILES string of the molecule is Cc1cc(NC(=O)C2NCCC2C)cc(C(=O)O)c1C. The zero-order valence-electron chi connectivity index (χ0n) is 12.0. The molecule has 3 N–H and O–H groups in total. The number of amides is 1. The van der Waals surface area contributed by atoms with E-state index >= 15 is 0 Å². The average Bonchev–Trinajstić information content (AvgIpc) is 2.79. The quantitative estimate of drug-likeness (QED) is 0.788. The summed E-state index contributed by atoms with van der Waals surface area (Å²) in [6, 6.07) is 3.12. The summed E-state index contributed by atoms with van der Waals surface area (Å²) in [6.07, 6.45) is 0.978. The van der Waals surface area contributed by atoms with Crippen LogP contribution in [0.4, 0.5) is 5.69 Å². The van der Waals surface area contributed by atoms with Crippen LogP contribution in [0.1, 0.15) is 34.8 Å². The molecule has 108 valence electrons. The second-order valence-electron chi connectivity index (χ2n) is 5.46. The molecule has 0 spiro atoms. The van der Waals surface area contributed by atoms with Gasteiger partial charge in [-0.15, -0.1) is 0 Å². The Morgan fingerprint density at radius 2 is 2.05 bits per heavy atom. The minimum atomic E-state index is -0.978. The second-order valence-corrected chi connectivity index (χ2v) is 5.46. The molecule has 2 rings (SSSR count). The summed E-state index contributed by atoms with van der Waals surface area (Å²) in [6.45, 7) is 6.48. The number of aryl methyl sites for hydroxylation is 1. The number of carbonyl (C=O) groups excluding carboxylic acids is 1. The molecule has 0 aliphatic carbocycles. The fraction of sp³-hybridized carbons (Fsp3) is 0.467. The van der Waals surface area contributed by atoms with Crippen molar-refractivity contribution >= 4 is 17.6 Å². The maximum absolute atomic E-state index is 12.2. The molecule has 0 bridgehead atoms. The van der Waals surface area contributed by atoms with E-state index < -0.39 is 5.97 Å². The molecule has 1 heterocycles. The highest BCUT2D eigenvalue weighted by molar-refractivity contribution is 5.97. The first kappa shape index (κ1) is 14.5. The average molecular weight is 276 g/mol. The van der Waals surface area contributed by atoms with Crippen molar-refractivity contribution in [1.29, 1.82) is 0 Å². The van der Waals surface area contributed by atoms with Gasteiger partial charge in [0, 0.05) is 5.69 Å². The van der Waals surface area contributed by atoms with Crippen LogP contribution in [-0.2, 0) is 4.79 Å². The Morgan fingerprint density at radius 1 is 1.35 bits per heavy atom.